The molecule has 2 aromatic heterocycles. The van der Waals surface area contributed by atoms with Crippen LogP contribution in [0.4, 0.5) is 4.39 Å². The van der Waals surface area contributed by atoms with E-state index < -0.39 is 0 Å². The quantitative estimate of drug-likeness (QED) is 0.538. The normalized spacial score (nSPS) is 11.4. The van der Waals surface area contributed by atoms with Gasteiger partial charge in [0.25, 0.3) is 5.56 Å². The summed E-state index contributed by atoms with van der Waals surface area (Å²) >= 11 is 1.50. The van der Waals surface area contributed by atoms with E-state index in [4.69, 9.17) is 0 Å². The summed E-state index contributed by atoms with van der Waals surface area (Å²) in [6, 6.07) is 13.8. The molecule has 0 aliphatic rings. The van der Waals surface area contributed by atoms with Crippen LogP contribution in [0.5, 0.6) is 0 Å². The zero-order valence-corrected chi connectivity index (χ0v) is 13.6. The molecule has 0 saturated heterocycles. The molecule has 2 aromatic carbocycles. The first kappa shape index (κ1) is 14.9. The van der Waals surface area contributed by atoms with E-state index in [1.807, 2.05) is 22.6 Å². The number of aryl methyl sites for hydroxylation is 1. The number of hydrogen-bond donors (Lipinski definition) is 0. The molecular weight excluding hydrogens is 327 g/mol. The van der Waals surface area contributed by atoms with Crippen LogP contribution in [0.3, 0.4) is 0 Å². The Kier molecular flexibility index (Phi) is 3.57. The molecule has 0 aliphatic heterocycles. The summed E-state index contributed by atoms with van der Waals surface area (Å²) in [7, 11) is 1.69. The van der Waals surface area contributed by atoms with Gasteiger partial charge >= 0.3 is 0 Å². The van der Waals surface area contributed by atoms with Crippen LogP contribution in [0.25, 0.3) is 16.7 Å². The van der Waals surface area contributed by atoms with E-state index in [9.17, 15) is 9.18 Å². The number of thioether (sulfide) groups is 1. The predicted molar refractivity (Wildman–Crippen MR) is 91.7 cm³/mol. The maximum Gasteiger partial charge on any atom is 0.262 e. The highest BCUT2D eigenvalue weighted by Crippen LogP contribution is 2.24. The zero-order chi connectivity index (χ0) is 16.7. The molecule has 7 heteroatoms. The minimum absolute atomic E-state index is 0.0967. The van der Waals surface area contributed by atoms with Gasteiger partial charge in [-0.25, -0.2) is 4.39 Å². The second-order valence-corrected chi connectivity index (χ2v) is 6.36. The third-order valence-corrected chi connectivity index (χ3v) is 4.88. The number of para-hydroxylation sites is 1. The molecule has 0 bridgehead atoms. The first-order valence-corrected chi connectivity index (χ1v) is 8.34. The molecule has 5 nitrogen and oxygen atoms in total. The van der Waals surface area contributed by atoms with E-state index in [0.717, 1.165) is 11.1 Å². The van der Waals surface area contributed by atoms with Crippen molar-refractivity contribution in [2.45, 2.75) is 10.9 Å². The molecule has 0 atom stereocenters. The van der Waals surface area contributed by atoms with Gasteiger partial charge in [0.15, 0.2) is 5.16 Å². The van der Waals surface area contributed by atoms with Gasteiger partial charge in [-0.3, -0.25) is 13.8 Å². The third-order valence-electron chi connectivity index (χ3n) is 3.88. The standard InChI is InChI=1S/C17H13FN4OS/c1-21-15(23)13-4-2-3-5-14(13)22-16(21)19-20-17(22)24-10-11-6-8-12(18)9-7-11/h2-9H,10H2,1H3. The van der Waals surface area contributed by atoms with Gasteiger partial charge in [0, 0.05) is 12.8 Å². The minimum atomic E-state index is -0.252. The maximum absolute atomic E-state index is 13.0. The summed E-state index contributed by atoms with van der Waals surface area (Å²) < 4.78 is 16.4. The summed E-state index contributed by atoms with van der Waals surface area (Å²) in [4.78, 5) is 12.4. The molecule has 120 valence electrons. The van der Waals surface area contributed by atoms with Gasteiger partial charge in [-0.1, -0.05) is 36.0 Å². The van der Waals surface area contributed by atoms with Crippen LogP contribution in [-0.4, -0.2) is 19.2 Å². The van der Waals surface area contributed by atoms with Crippen LogP contribution in [-0.2, 0) is 12.8 Å². The van der Waals surface area contributed by atoms with Gasteiger partial charge in [-0.05, 0) is 29.8 Å². The SMILES string of the molecule is Cn1c(=O)c2ccccc2n2c(SCc3ccc(F)cc3)nnc12. The summed E-state index contributed by atoms with van der Waals surface area (Å²) in [5, 5.41) is 9.69. The largest absolute Gasteiger partial charge is 0.279 e. The van der Waals surface area contributed by atoms with Crippen molar-refractivity contribution in [3.8, 4) is 0 Å². The topological polar surface area (TPSA) is 52.2 Å². The monoisotopic (exact) mass is 340 g/mol. The van der Waals surface area contributed by atoms with Crippen molar-refractivity contribution in [1.82, 2.24) is 19.2 Å². The fourth-order valence-corrected chi connectivity index (χ4v) is 3.53. The molecule has 0 N–H and O–H groups in total. The Hall–Kier alpha value is -2.67. The summed E-state index contributed by atoms with van der Waals surface area (Å²) in [5.74, 6) is 0.885. The van der Waals surface area contributed by atoms with Gasteiger partial charge < -0.3 is 0 Å². The van der Waals surface area contributed by atoms with Crippen molar-refractivity contribution >= 4 is 28.4 Å². The van der Waals surface area contributed by atoms with Crippen LogP contribution in [0, 0.1) is 5.82 Å². The summed E-state index contributed by atoms with van der Waals surface area (Å²) in [5.41, 5.74) is 1.68. The molecule has 0 radical (unpaired) electrons. The highest BCUT2D eigenvalue weighted by atomic mass is 32.2. The fourth-order valence-electron chi connectivity index (χ4n) is 2.63. The average molecular weight is 340 g/mol. The van der Waals surface area contributed by atoms with Crippen LogP contribution in [0.1, 0.15) is 5.56 Å². The van der Waals surface area contributed by atoms with Gasteiger partial charge in [0.1, 0.15) is 5.82 Å². The Morgan fingerprint density at radius 3 is 2.62 bits per heavy atom. The molecule has 0 fully saturated rings. The van der Waals surface area contributed by atoms with Crippen molar-refractivity contribution in [3.05, 3.63) is 70.3 Å². The Bertz CT molecular complexity index is 1100. The van der Waals surface area contributed by atoms with Gasteiger partial charge in [0.05, 0.1) is 10.9 Å². The molecule has 2 heterocycles. The van der Waals surface area contributed by atoms with Crippen LogP contribution in [0.2, 0.25) is 0 Å². The maximum atomic E-state index is 13.0. The highest BCUT2D eigenvalue weighted by Gasteiger charge is 2.14. The second kappa shape index (κ2) is 5.76. The van der Waals surface area contributed by atoms with E-state index in [1.165, 1.54) is 28.5 Å². The molecule has 0 saturated carbocycles. The smallest absolute Gasteiger partial charge is 0.262 e. The van der Waals surface area contributed by atoms with E-state index in [2.05, 4.69) is 10.2 Å². The summed E-state index contributed by atoms with van der Waals surface area (Å²) in [6.07, 6.45) is 0. The molecule has 0 spiro atoms. The number of halogens is 1. The first-order chi connectivity index (χ1) is 11.6. The fraction of sp³-hybridized carbons (Fsp3) is 0.118. The Morgan fingerprint density at radius 1 is 1.08 bits per heavy atom. The molecule has 4 rings (SSSR count). The van der Waals surface area contributed by atoms with E-state index in [0.29, 0.717) is 22.1 Å². The molecule has 0 unspecified atom stereocenters. The van der Waals surface area contributed by atoms with Crippen molar-refractivity contribution in [3.63, 3.8) is 0 Å². The second-order valence-electron chi connectivity index (χ2n) is 5.41. The van der Waals surface area contributed by atoms with E-state index in [-0.39, 0.29) is 11.4 Å². The number of nitrogens with zero attached hydrogens (tertiary/aromatic N) is 4. The van der Waals surface area contributed by atoms with E-state index >= 15 is 0 Å². The van der Waals surface area contributed by atoms with Crippen molar-refractivity contribution in [2.75, 3.05) is 0 Å². The Morgan fingerprint density at radius 2 is 1.83 bits per heavy atom. The first-order valence-electron chi connectivity index (χ1n) is 7.35. The predicted octanol–water partition coefficient (Wildman–Crippen LogP) is 3.01. The third kappa shape index (κ3) is 2.37. The Balaban J connectivity index is 1.82. The van der Waals surface area contributed by atoms with Crippen molar-refractivity contribution < 1.29 is 4.39 Å². The molecule has 0 amide bonds. The van der Waals surface area contributed by atoms with Crippen molar-refractivity contribution in [1.29, 1.82) is 0 Å². The van der Waals surface area contributed by atoms with Crippen LogP contribution >= 0.6 is 11.8 Å². The number of benzene rings is 2. The molecule has 4 aromatic rings. The highest BCUT2D eigenvalue weighted by molar-refractivity contribution is 7.98. The summed E-state index contributed by atoms with van der Waals surface area (Å²) in [6.45, 7) is 0. The molecular formula is C17H13FN4OS. The number of hydrogen-bond acceptors (Lipinski definition) is 4. The lowest BCUT2D eigenvalue weighted by atomic mass is 10.2. The Labute approximate surface area is 140 Å². The van der Waals surface area contributed by atoms with E-state index in [1.54, 1.807) is 25.2 Å². The lowest BCUT2D eigenvalue weighted by Gasteiger charge is -2.07. The number of rotatable bonds is 3. The van der Waals surface area contributed by atoms with Crippen LogP contribution < -0.4 is 5.56 Å². The molecule has 0 aliphatic carbocycles. The lowest BCUT2D eigenvalue weighted by Crippen LogP contribution is -2.20. The minimum Gasteiger partial charge on any atom is -0.279 e. The number of fused-ring (bicyclic) bond motifs is 3. The van der Waals surface area contributed by atoms with Gasteiger partial charge in [-0.2, -0.15) is 0 Å². The number of aromatic nitrogens is 4. The van der Waals surface area contributed by atoms with Crippen LogP contribution in [0.15, 0.2) is 58.5 Å². The lowest BCUT2D eigenvalue weighted by molar-refractivity contribution is 0.627. The average Bonchev–Trinajstić information content (AvgIpc) is 3.03. The zero-order valence-electron chi connectivity index (χ0n) is 12.8. The van der Waals surface area contributed by atoms with Crippen molar-refractivity contribution in [2.24, 2.45) is 7.05 Å². The van der Waals surface area contributed by atoms with Gasteiger partial charge in [-0.15, -0.1) is 10.2 Å². The molecule has 24 heavy (non-hydrogen) atoms. The van der Waals surface area contributed by atoms with Gasteiger partial charge in [0.2, 0.25) is 5.78 Å².